The highest BCUT2D eigenvalue weighted by molar-refractivity contribution is 7.21. The summed E-state index contributed by atoms with van der Waals surface area (Å²) in [6.07, 6.45) is 7.70. The number of ether oxygens (including phenoxy) is 3. The Bertz CT molecular complexity index is 1740. The fraction of sp³-hybridized carbons (Fsp3) is 0.545. The summed E-state index contributed by atoms with van der Waals surface area (Å²) in [4.78, 5) is 43.9. The van der Waals surface area contributed by atoms with Gasteiger partial charge in [-0.15, -0.1) is 4.80 Å². The van der Waals surface area contributed by atoms with Crippen molar-refractivity contribution in [1.82, 2.24) is 24.1 Å². The van der Waals surface area contributed by atoms with E-state index in [1.54, 1.807) is 13.0 Å². The molecule has 1 unspecified atom stereocenters. The van der Waals surface area contributed by atoms with Crippen LogP contribution in [0.2, 0.25) is 0 Å². The average Bonchev–Trinajstić information content (AvgIpc) is 3.68. The van der Waals surface area contributed by atoms with Gasteiger partial charge in [0.05, 0.1) is 31.5 Å². The van der Waals surface area contributed by atoms with E-state index < -0.39 is 34.5 Å². The normalized spacial score (nSPS) is 12.5. The number of rotatable bonds is 17. The Hall–Kier alpha value is -3.84. The van der Waals surface area contributed by atoms with Gasteiger partial charge in [-0.3, -0.25) is 9.36 Å². The second kappa shape index (κ2) is 15.6. The van der Waals surface area contributed by atoms with Crippen molar-refractivity contribution < 1.29 is 23.4 Å². The first-order valence-corrected chi connectivity index (χ1v) is 16.6. The smallest absolute Gasteiger partial charge is 0.333 e. The minimum atomic E-state index is -1.62. The van der Waals surface area contributed by atoms with Crippen molar-refractivity contribution in [2.24, 2.45) is 0 Å². The third kappa shape index (κ3) is 7.41. The summed E-state index contributed by atoms with van der Waals surface area (Å²) >= 11 is 1.21. The molecule has 0 N–H and O–H groups in total. The maximum atomic E-state index is 14.7. The van der Waals surface area contributed by atoms with Gasteiger partial charge in [-0.05, 0) is 64.7 Å². The number of nitrogens with zero attached hydrogens (tertiary/aromatic N) is 5. The fourth-order valence-corrected chi connectivity index (χ4v) is 6.67. The van der Waals surface area contributed by atoms with Crippen LogP contribution in [0.25, 0.3) is 15.2 Å². The Morgan fingerprint density at radius 3 is 2.39 bits per heavy atom. The highest BCUT2D eigenvalue weighted by Gasteiger charge is 2.37. The number of fused-ring (bicyclic) bond motifs is 1. The molecule has 0 amide bonds. The topological polar surface area (TPSA) is 119 Å². The number of hydrogen-bond donors (Lipinski definition) is 0. The van der Waals surface area contributed by atoms with Gasteiger partial charge in [0.25, 0.3) is 5.56 Å². The molecule has 1 atom stereocenters. The first kappa shape index (κ1) is 35.0. The Morgan fingerprint density at radius 1 is 1.04 bits per heavy atom. The maximum absolute atomic E-state index is 14.7. The Morgan fingerprint density at radius 2 is 1.72 bits per heavy atom. The molecule has 0 spiro atoms. The number of carbonyl (C=O) groups excluding carboxylic acids is 1. The largest absolute Gasteiger partial charge is 0.496 e. The molecule has 4 rings (SSSR count). The maximum Gasteiger partial charge on any atom is 0.333 e. The Kier molecular flexibility index (Phi) is 11.9. The van der Waals surface area contributed by atoms with Crippen LogP contribution >= 0.6 is 11.3 Å². The zero-order chi connectivity index (χ0) is 33.4. The molecule has 46 heavy (non-hydrogen) atoms. The molecule has 0 aliphatic carbocycles. The van der Waals surface area contributed by atoms with Crippen molar-refractivity contribution in [2.75, 3.05) is 26.9 Å². The van der Waals surface area contributed by atoms with Crippen LogP contribution in [0.4, 0.5) is 4.39 Å². The predicted octanol–water partition coefficient (Wildman–Crippen LogP) is 5.72. The van der Waals surface area contributed by atoms with Crippen LogP contribution in [0, 0.1) is 12.7 Å². The van der Waals surface area contributed by atoms with E-state index in [-0.39, 0.29) is 18.5 Å². The molecule has 13 heteroatoms. The Balaban J connectivity index is 1.91. The third-order valence-corrected chi connectivity index (χ3v) is 9.38. The van der Waals surface area contributed by atoms with Crippen LogP contribution in [0.1, 0.15) is 83.3 Å². The van der Waals surface area contributed by atoms with Gasteiger partial charge in [-0.25, -0.2) is 18.5 Å². The number of thiophene rings is 1. The van der Waals surface area contributed by atoms with Crippen molar-refractivity contribution in [3.05, 3.63) is 68.4 Å². The second-order valence-electron chi connectivity index (χ2n) is 11.8. The lowest BCUT2D eigenvalue weighted by Crippen LogP contribution is -2.53. The summed E-state index contributed by atoms with van der Waals surface area (Å²) in [7, 11) is 1.52. The van der Waals surface area contributed by atoms with Crippen LogP contribution in [-0.2, 0) is 26.4 Å². The standard InChI is InChI=1S/C33H44FN5O6S/c1-7-9-17-44-18-11-12-23(25-20-24(34)13-14-26(25)43-6)21-37-30-27(22(3)29(46-30)39-35-15-16-36-39)28(40)38(32(37)42)33(4,5)31(41)45-19-10-8-2/h13-16,20,23H,7-12,17-19,21H2,1-6H3. The molecular formula is C33H44FN5O6S. The van der Waals surface area contributed by atoms with Crippen molar-refractivity contribution in [3.63, 3.8) is 0 Å². The summed E-state index contributed by atoms with van der Waals surface area (Å²) in [6.45, 7) is 10.3. The molecular weight excluding hydrogens is 613 g/mol. The number of aromatic nitrogens is 5. The second-order valence-corrected chi connectivity index (χ2v) is 12.8. The molecule has 1 aromatic carbocycles. The van der Waals surface area contributed by atoms with E-state index in [4.69, 9.17) is 14.2 Å². The summed E-state index contributed by atoms with van der Waals surface area (Å²) in [5.74, 6) is -1.03. The first-order valence-electron chi connectivity index (χ1n) is 15.8. The zero-order valence-electron chi connectivity index (χ0n) is 27.5. The van der Waals surface area contributed by atoms with Gasteiger partial charge in [0, 0.05) is 36.8 Å². The van der Waals surface area contributed by atoms with Crippen LogP contribution in [0.3, 0.4) is 0 Å². The van der Waals surface area contributed by atoms with Gasteiger partial charge in [-0.2, -0.15) is 10.2 Å². The minimum absolute atomic E-state index is 0.0806. The summed E-state index contributed by atoms with van der Waals surface area (Å²) in [6, 6.07) is 4.32. The minimum Gasteiger partial charge on any atom is -0.496 e. The third-order valence-electron chi connectivity index (χ3n) is 8.10. The molecule has 11 nitrogen and oxygen atoms in total. The van der Waals surface area contributed by atoms with Crippen LogP contribution in [-0.4, -0.2) is 57.0 Å². The molecule has 3 heterocycles. The van der Waals surface area contributed by atoms with Crippen molar-refractivity contribution in [2.45, 2.75) is 91.1 Å². The molecule has 0 bridgehead atoms. The lowest BCUT2D eigenvalue weighted by atomic mass is 9.93. The van der Waals surface area contributed by atoms with Gasteiger partial charge < -0.3 is 14.2 Å². The molecule has 0 aliphatic heterocycles. The molecule has 0 saturated heterocycles. The highest BCUT2D eigenvalue weighted by atomic mass is 32.1. The fourth-order valence-electron chi connectivity index (χ4n) is 5.45. The van der Waals surface area contributed by atoms with E-state index in [1.165, 1.54) is 66.2 Å². The first-order chi connectivity index (χ1) is 22.1. The quantitative estimate of drug-likeness (QED) is 0.105. The van der Waals surface area contributed by atoms with Gasteiger partial charge in [0.1, 0.15) is 26.9 Å². The summed E-state index contributed by atoms with van der Waals surface area (Å²) < 4.78 is 34.1. The van der Waals surface area contributed by atoms with Crippen molar-refractivity contribution in [3.8, 4) is 10.8 Å². The number of halogens is 1. The molecule has 250 valence electrons. The number of esters is 1. The lowest BCUT2D eigenvalue weighted by molar-refractivity contribution is -0.153. The van der Waals surface area contributed by atoms with Gasteiger partial charge in [0.15, 0.2) is 0 Å². The number of benzene rings is 1. The highest BCUT2D eigenvalue weighted by Crippen LogP contribution is 2.35. The predicted molar refractivity (Wildman–Crippen MR) is 176 cm³/mol. The number of unbranched alkanes of at least 4 members (excludes halogenated alkanes) is 2. The molecule has 0 fully saturated rings. The molecule has 4 aromatic rings. The number of aryl methyl sites for hydroxylation is 1. The van der Waals surface area contributed by atoms with Crippen molar-refractivity contribution in [1.29, 1.82) is 0 Å². The monoisotopic (exact) mass is 657 g/mol. The van der Waals surface area contributed by atoms with Gasteiger partial charge >= 0.3 is 11.7 Å². The molecule has 0 saturated carbocycles. The van der Waals surface area contributed by atoms with E-state index in [0.29, 0.717) is 59.2 Å². The van der Waals surface area contributed by atoms with E-state index in [1.807, 2.05) is 6.92 Å². The summed E-state index contributed by atoms with van der Waals surface area (Å²) in [5.41, 5.74) is -1.73. The van der Waals surface area contributed by atoms with E-state index in [9.17, 15) is 18.8 Å². The number of methoxy groups -OCH3 is 1. The molecule has 0 aliphatic rings. The van der Waals surface area contributed by atoms with Gasteiger partial charge in [-0.1, -0.05) is 38.0 Å². The van der Waals surface area contributed by atoms with Crippen LogP contribution in [0.5, 0.6) is 5.75 Å². The zero-order valence-corrected chi connectivity index (χ0v) is 28.3. The number of carbonyl (C=O) groups is 1. The molecule has 0 radical (unpaired) electrons. The van der Waals surface area contributed by atoms with Crippen LogP contribution < -0.4 is 16.0 Å². The van der Waals surface area contributed by atoms with E-state index in [2.05, 4.69) is 17.1 Å². The van der Waals surface area contributed by atoms with Crippen LogP contribution in [0.15, 0.2) is 40.2 Å². The van der Waals surface area contributed by atoms with E-state index >= 15 is 0 Å². The number of hydrogen-bond acceptors (Lipinski definition) is 9. The SMILES string of the molecule is CCCCOCCCC(Cn1c(=O)n(C(C)(C)C(=O)OCCCC)c(=O)c2c(C)c(-n3nccn3)sc21)c1cc(F)ccc1OC. The molecule has 3 aromatic heterocycles. The van der Waals surface area contributed by atoms with Crippen molar-refractivity contribution >= 4 is 27.5 Å². The van der Waals surface area contributed by atoms with E-state index in [0.717, 1.165) is 23.8 Å². The Labute approximate surface area is 271 Å². The average molecular weight is 658 g/mol. The van der Waals surface area contributed by atoms with Gasteiger partial charge in [0.2, 0.25) is 0 Å². The lowest BCUT2D eigenvalue weighted by Gasteiger charge is -2.27. The summed E-state index contributed by atoms with van der Waals surface area (Å²) in [5, 5.41) is 9.34.